The number of likely N-dealkylation sites (tertiary alicyclic amines) is 1. The third-order valence-corrected chi connectivity index (χ3v) is 5.79. The van der Waals surface area contributed by atoms with Crippen molar-refractivity contribution in [2.75, 3.05) is 26.2 Å². The number of nitrogens with zero attached hydrogens (tertiary/aromatic N) is 2. The van der Waals surface area contributed by atoms with E-state index in [1.165, 1.54) is 0 Å². The molecule has 6 heteroatoms. The molecule has 158 valence electrons. The number of ketones is 1. The van der Waals surface area contributed by atoms with Gasteiger partial charge in [0.1, 0.15) is 5.76 Å². The van der Waals surface area contributed by atoms with Crippen LogP contribution in [0.25, 0.3) is 5.76 Å². The highest BCUT2D eigenvalue weighted by molar-refractivity contribution is 6.46. The molecule has 1 aliphatic heterocycles. The van der Waals surface area contributed by atoms with Crippen LogP contribution >= 0.6 is 11.6 Å². The Bertz CT molecular complexity index is 921. The quantitative estimate of drug-likeness (QED) is 0.383. The van der Waals surface area contributed by atoms with Crippen molar-refractivity contribution in [2.24, 2.45) is 0 Å². The highest BCUT2D eigenvalue weighted by atomic mass is 35.5. The molecular formula is C24H27ClN2O3. The van der Waals surface area contributed by atoms with Gasteiger partial charge in [-0.25, -0.2) is 0 Å². The van der Waals surface area contributed by atoms with Crippen LogP contribution in [0.5, 0.6) is 0 Å². The number of benzene rings is 2. The van der Waals surface area contributed by atoms with E-state index in [1.807, 2.05) is 6.07 Å². The second-order valence-corrected chi connectivity index (χ2v) is 7.73. The zero-order chi connectivity index (χ0) is 21.7. The maximum absolute atomic E-state index is 12.9. The predicted molar refractivity (Wildman–Crippen MR) is 119 cm³/mol. The smallest absolute Gasteiger partial charge is 0.295 e. The molecule has 3 rings (SSSR count). The number of hydrogen-bond donors (Lipinski definition) is 1. The van der Waals surface area contributed by atoms with Crippen LogP contribution in [0.3, 0.4) is 0 Å². The molecule has 2 aromatic carbocycles. The number of halogens is 1. The molecule has 0 bridgehead atoms. The molecule has 1 heterocycles. The van der Waals surface area contributed by atoms with Gasteiger partial charge in [0.05, 0.1) is 11.6 Å². The van der Waals surface area contributed by atoms with Crippen LogP contribution in [0.2, 0.25) is 5.02 Å². The zero-order valence-corrected chi connectivity index (χ0v) is 18.1. The molecule has 1 atom stereocenters. The van der Waals surface area contributed by atoms with Crippen LogP contribution in [0.4, 0.5) is 0 Å². The number of aliphatic hydroxyl groups is 1. The highest BCUT2D eigenvalue weighted by Gasteiger charge is 2.45. The molecule has 1 aliphatic rings. The van der Waals surface area contributed by atoms with Crippen molar-refractivity contribution in [1.82, 2.24) is 9.80 Å². The van der Waals surface area contributed by atoms with E-state index in [0.29, 0.717) is 17.1 Å². The second kappa shape index (κ2) is 9.92. The van der Waals surface area contributed by atoms with Crippen LogP contribution in [0.15, 0.2) is 60.2 Å². The van der Waals surface area contributed by atoms with Crippen molar-refractivity contribution >= 4 is 29.1 Å². The maximum atomic E-state index is 12.9. The summed E-state index contributed by atoms with van der Waals surface area (Å²) in [6.07, 6.45) is 0.740. The lowest BCUT2D eigenvalue weighted by Crippen LogP contribution is -2.33. The SMILES string of the molecule is CCN(CC)CCCN1C(=O)C(=O)C(=C(O)c2ccccc2)[C@@H]1c1ccc(Cl)cc1. The Kier molecular flexibility index (Phi) is 7.29. The molecule has 0 unspecified atom stereocenters. The monoisotopic (exact) mass is 426 g/mol. The summed E-state index contributed by atoms with van der Waals surface area (Å²) < 4.78 is 0. The Morgan fingerprint density at radius 3 is 2.27 bits per heavy atom. The Balaban J connectivity index is 2.00. The van der Waals surface area contributed by atoms with Gasteiger partial charge in [0.25, 0.3) is 11.7 Å². The minimum Gasteiger partial charge on any atom is -0.507 e. The van der Waals surface area contributed by atoms with Crippen molar-refractivity contribution in [3.63, 3.8) is 0 Å². The number of rotatable bonds is 8. The van der Waals surface area contributed by atoms with Crippen LogP contribution < -0.4 is 0 Å². The number of Topliss-reactive ketones (excluding diaryl/α,β-unsaturated/α-hetero) is 1. The first kappa shape index (κ1) is 22.1. The second-order valence-electron chi connectivity index (χ2n) is 7.29. The average molecular weight is 427 g/mol. The maximum Gasteiger partial charge on any atom is 0.295 e. The largest absolute Gasteiger partial charge is 0.507 e. The van der Waals surface area contributed by atoms with Gasteiger partial charge in [0.15, 0.2) is 0 Å². The third kappa shape index (κ3) is 4.58. The Morgan fingerprint density at radius 1 is 1.03 bits per heavy atom. The van der Waals surface area contributed by atoms with E-state index in [0.717, 1.165) is 31.6 Å². The standard InChI is InChI=1S/C24H27ClN2O3/c1-3-26(4-2)15-8-16-27-21(17-11-13-19(25)14-12-17)20(23(29)24(27)30)22(28)18-9-6-5-7-10-18/h5-7,9-14,21,28H,3-4,8,15-16H2,1-2H3/t21-/m0/s1. The lowest BCUT2D eigenvalue weighted by molar-refractivity contribution is -0.140. The normalized spacial score (nSPS) is 18.4. The third-order valence-electron chi connectivity index (χ3n) is 5.54. The van der Waals surface area contributed by atoms with Crippen molar-refractivity contribution in [3.05, 3.63) is 76.3 Å². The summed E-state index contributed by atoms with van der Waals surface area (Å²) in [5, 5.41) is 11.5. The summed E-state index contributed by atoms with van der Waals surface area (Å²) in [5.41, 5.74) is 1.38. The van der Waals surface area contributed by atoms with E-state index in [1.54, 1.807) is 53.4 Å². The first-order valence-electron chi connectivity index (χ1n) is 10.3. The van der Waals surface area contributed by atoms with E-state index in [9.17, 15) is 14.7 Å². The summed E-state index contributed by atoms with van der Waals surface area (Å²) in [6.45, 7) is 7.34. The minimum absolute atomic E-state index is 0.122. The predicted octanol–water partition coefficient (Wildman–Crippen LogP) is 4.49. The van der Waals surface area contributed by atoms with Gasteiger partial charge in [-0.3, -0.25) is 9.59 Å². The first-order chi connectivity index (χ1) is 14.5. The van der Waals surface area contributed by atoms with E-state index < -0.39 is 17.7 Å². The summed E-state index contributed by atoms with van der Waals surface area (Å²) >= 11 is 6.04. The van der Waals surface area contributed by atoms with E-state index in [-0.39, 0.29) is 11.3 Å². The van der Waals surface area contributed by atoms with Crippen molar-refractivity contribution in [1.29, 1.82) is 0 Å². The van der Waals surface area contributed by atoms with Gasteiger partial charge in [-0.2, -0.15) is 0 Å². The van der Waals surface area contributed by atoms with Gasteiger partial charge in [-0.15, -0.1) is 0 Å². The molecule has 1 amide bonds. The summed E-state index contributed by atoms with van der Waals surface area (Å²) in [6, 6.07) is 15.3. The van der Waals surface area contributed by atoms with Crippen molar-refractivity contribution in [3.8, 4) is 0 Å². The lowest BCUT2D eigenvalue weighted by atomic mass is 9.95. The van der Waals surface area contributed by atoms with Crippen molar-refractivity contribution < 1.29 is 14.7 Å². The van der Waals surface area contributed by atoms with E-state index in [2.05, 4.69) is 18.7 Å². The molecule has 0 spiro atoms. The fraction of sp³-hybridized carbons (Fsp3) is 0.333. The number of hydrogen-bond acceptors (Lipinski definition) is 4. The summed E-state index contributed by atoms with van der Waals surface area (Å²) in [5.74, 6) is -1.38. The van der Waals surface area contributed by atoms with Crippen LogP contribution in [-0.2, 0) is 9.59 Å². The zero-order valence-electron chi connectivity index (χ0n) is 17.3. The number of aliphatic hydroxyl groups excluding tert-OH is 1. The number of amides is 1. The van der Waals surface area contributed by atoms with E-state index >= 15 is 0 Å². The molecular weight excluding hydrogens is 400 g/mol. The lowest BCUT2D eigenvalue weighted by Gasteiger charge is -2.26. The van der Waals surface area contributed by atoms with Gasteiger partial charge in [-0.1, -0.05) is 67.9 Å². The minimum atomic E-state index is -0.654. The fourth-order valence-electron chi connectivity index (χ4n) is 3.86. The first-order valence-corrected chi connectivity index (χ1v) is 10.7. The molecule has 0 saturated carbocycles. The summed E-state index contributed by atoms with van der Waals surface area (Å²) in [4.78, 5) is 29.7. The molecule has 1 saturated heterocycles. The molecule has 0 radical (unpaired) electrons. The number of carbonyl (C=O) groups is 2. The van der Waals surface area contributed by atoms with E-state index in [4.69, 9.17) is 11.6 Å². The molecule has 1 N–H and O–H groups in total. The average Bonchev–Trinajstić information content (AvgIpc) is 3.02. The molecule has 0 aromatic heterocycles. The van der Waals surface area contributed by atoms with Gasteiger partial charge in [0, 0.05) is 17.1 Å². The molecule has 1 fully saturated rings. The topological polar surface area (TPSA) is 60.9 Å². The van der Waals surface area contributed by atoms with Crippen LogP contribution in [-0.4, -0.2) is 52.8 Å². The summed E-state index contributed by atoms with van der Waals surface area (Å²) in [7, 11) is 0. The molecule has 30 heavy (non-hydrogen) atoms. The van der Waals surface area contributed by atoms with Gasteiger partial charge in [-0.05, 0) is 43.8 Å². The Labute approximate surface area is 182 Å². The molecule has 2 aromatic rings. The molecule has 5 nitrogen and oxygen atoms in total. The highest BCUT2D eigenvalue weighted by Crippen LogP contribution is 2.39. The van der Waals surface area contributed by atoms with Gasteiger partial charge in [0.2, 0.25) is 0 Å². The Morgan fingerprint density at radius 2 is 1.67 bits per heavy atom. The fourth-order valence-corrected chi connectivity index (χ4v) is 3.98. The Hall–Kier alpha value is -2.63. The van der Waals surface area contributed by atoms with Crippen molar-refractivity contribution in [2.45, 2.75) is 26.3 Å². The number of carbonyl (C=O) groups excluding carboxylic acids is 2. The molecule has 0 aliphatic carbocycles. The van der Waals surface area contributed by atoms with Gasteiger partial charge >= 0.3 is 0 Å². The van der Waals surface area contributed by atoms with Crippen LogP contribution in [0.1, 0.15) is 37.4 Å². The van der Waals surface area contributed by atoms with Gasteiger partial charge < -0.3 is 14.9 Å². The van der Waals surface area contributed by atoms with Crippen LogP contribution in [0, 0.1) is 0 Å².